The first-order valence-electron chi connectivity index (χ1n) is 6.97. The normalized spacial score (nSPS) is 10.4. The van der Waals surface area contributed by atoms with Gasteiger partial charge in [0.2, 0.25) is 0 Å². The third-order valence-electron chi connectivity index (χ3n) is 3.29. The van der Waals surface area contributed by atoms with Gasteiger partial charge in [-0.1, -0.05) is 41.4 Å². The zero-order chi connectivity index (χ0) is 17.9. The van der Waals surface area contributed by atoms with Gasteiger partial charge < -0.3 is 10.1 Å². The SMILES string of the molecule is Cc1cccc(C)c1NC(=O)COC(=O)c1cc(Cl)cc(Cl)c1I. The van der Waals surface area contributed by atoms with Crippen LogP contribution in [-0.4, -0.2) is 18.5 Å². The molecule has 0 heterocycles. The van der Waals surface area contributed by atoms with Gasteiger partial charge in [0.15, 0.2) is 6.61 Å². The summed E-state index contributed by atoms with van der Waals surface area (Å²) in [5, 5.41) is 3.44. The summed E-state index contributed by atoms with van der Waals surface area (Å²) in [6, 6.07) is 8.69. The lowest BCUT2D eigenvalue weighted by atomic mass is 10.1. The largest absolute Gasteiger partial charge is 0.452 e. The first-order valence-corrected chi connectivity index (χ1v) is 8.80. The Bertz CT molecular complexity index is 788. The maximum atomic E-state index is 12.1. The van der Waals surface area contributed by atoms with E-state index in [1.165, 1.54) is 12.1 Å². The van der Waals surface area contributed by atoms with Crippen LogP contribution in [-0.2, 0) is 9.53 Å². The third kappa shape index (κ3) is 4.62. The molecule has 0 saturated heterocycles. The average molecular weight is 478 g/mol. The predicted molar refractivity (Wildman–Crippen MR) is 104 cm³/mol. The highest BCUT2D eigenvalue weighted by Crippen LogP contribution is 2.27. The first kappa shape index (κ1) is 19.0. The van der Waals surface area contributed by atoms with Crippen LogP contribution in [0.15, 0.2) is 30.3 Å². The molecule has 0 fully saturated rings. The lowest BCUT2D eigenvalue weighted by molar-refractivity contribution is -0.119. The van der Waals surface area contributed by atoms with Crippen LogP contribution >= 0.6 is 45.8 Å². The van der Waals surface area contributed by atoms with Crippen LogP contribution in [0.25, 0.3) is 0 Å². The summed E-state index contributed by atoms with van der Waals surface area (Å²) in [4.78, 5) is 24.2. The molecule has 2 aromatic rings. The monoisotopic (exact) mass is 477 g/mol. The van der Waals surface area contributed by atoms with Crippen molar-refractivity contribution >= 4 is 63.4 Å². The number of rotatable bonds is 4. The van der Waals surface area contributed by atoms with E-state index in [-0.39, 0.29) is 5.56 Å². The Hall–Kier alpha value is -1.31. The molecule has 0 aliphatic carbocycles. The average Bonchev–Trinajstić information content (AvgIpc) is 2.52. The number of para-hydroxylation sites is 1. The van der Waals surface area contributed by atoms with Gasteiger partial charge in [-0.3, -0.25) is 4.79 Å². The summed E-state index contributed by atoms with van der Waals surface area (Å²) in [6.07, 6.45) is 0. The van der Waals surface area contributed by atoms with Crippen molar-refractivity contribution < 1.29 is 14.3 Å². The van der Waals surface area contributed by atoms with Gasteiger partial charge in [0.05, 0.1) is 10.6 Å². The lowest BCUT2D eigenvalue weighted by Crippen LogP contribution is -2.22. The number of carbonyl (C=O) groups is 2. The van der Waals surface area contributed by atoms with Gasteiger partial charge in [-0.15, -0.1) is 0 Å². The summed E-state index contributed by atoms with van der Waals surface area (Å²) in [5.41, 5.74) is 2.82. The molecule has 0 radical (unpaired) electrons. The minimum Gasteiger partial charge on any atom is -0.452 e. The molecule has 0 atom stereocenters. The Morgan fingerprint density at radius 3 is 2.42 bits per heavy atom. The molecule has 24 heavy (non-hydrogen) atoms. The van der Waals surface area contributed by atoms with Crippen molar-refractivity contribution in [2.24, 2.45) is 0 Å². The number of nitrogens with one attached hydrogen (secondary N) is 1. The zero-order valence-electron chi connectivity index (χ0n) is 13.0. The number of benzene rings is 2. The Morgan fingerprint density at radius 2 is 1.79 bits per heavy atom. The second kappa shape index (κ2) is 8.18. The highest BCUT2D eigenvalue weighted by molar-refractivity contribution is 14.1. The molecule has 0 aliphatic heterocycles. The summed E-state index contributed by atoms with van der Waals surface area (Å²) >= 11 is 13.8. The van der Waals surface area contributed by atoms with Gasteiger partial charge in [-0.25, -0.2) is 4.79 Å². The number of hydrogen-bond acceptors (Lipinski definition) is 3. The minimum atomic E-state index is -0.652. The topological polar surface area (TPSA) is 55.4 Å². The molecule has 0 aliphatic rings. The maximum Gasteiger partial charge on any atom is 0.339 e. The van der Waals surface area contributed by atoms with Gasteiger partial charge in [0.1, 0.15) is 0 Å². The molecule has 2 aromatic carbocycles. The predicted octanol–water partition coefficient (Wildman–Crippen LogP) is 5.01. The fourth-order valence-electron chi connectivity index (χ4n) is 2.10. The van der Waals surface area contributed by atoms with Crippen LogP contribution in [0.2, 0.25) is 10.0 Å². The maximum absolute atomic E-state index is 12.1. The van der Waals surface area contributed by atoms with Crippen LogP contribution < -0.4 is 5.32 Å². The van der Waals surface area contributed by atoms with Gasteiger partial charge in [-0.05, 0) is 59.7 Å². The van der Waals surface area contributed by atoms with Crippen molar-refractivity contribution in [2.75, 3.05) is 11.9 Å². The van der Waals surface area contributed by atoms with Crippen LogP contribution in [0.4, 0.5) is 5.69 Å². The molecule has 0 saturated carbocycles. The van der Waals surface area contributed by atoms with E-state index >= 15 is 0 Å². The van der Waals surface area contributed by atoms with Gasteiger partial charge in [-0.2, -0.15) is 0 Å². The summed E-state index contributed by atoms with van der Waals surface area (Å²) in [6.45, 7) is 3.39. The van der Waals surface area contributed by atoms with Gasteiger partial charge in [0, 0.05) is 14.3 Å². The molecule has 2 rings (SSSR count). The van der Waals surface area contributed by atoms with Crippen LogP contribution in [0.5, 0.6) is 0 Å². The second-order valence-electron chi connectivity index (χ2n) is 5.14. The summed E-state index contributed by atoms with van der Waals surface area (Å²) in [7, 11) is 0. The Labute approximate surface area is 163 Å². The molecule has 1 N–H and O–H groups in total. The number of anilines is 1. The van der Waals surface area contributed by atoms with E-state index in [9.17, 15) is 9.59 Å². The molecule has 0 spiro atoms. The standard InChI is InChI=1S/C17H14Cl2INO3/c1-9-4-3-5-10(2)16(9)21-14(22)8-24-17(23)12-6-11(18)7-13(19)15(12)20/h3-7H,8H2,1-2H3,(H,21,22). The van der Waals surface area contributed by atoms with E-state index < -0.39 is 18.5 Å². The van der Waals surface area contributed by atoms with Gasteiger partial charge in [0.25, 0.3) is 5.91 Å². The first-order chi connectivity index (χ1) is 11.3. The molecule has 0 aromatic heterocycles. The molecule has 4 nitrogen and oxygen atoms in total. The van der Waals surface area contributed by atoms with E-state index in [4.69, 9.17) is 27.9 Å². The molecular weight excluding hydrogens is 464 g/mol. The van der Waals surface area contributed by atoms with Crippen molar-refractivity contribution in [3.8, 4) is 0 Å². The van der Waals surface area contributed by atoms with Crippen molar-refractivity contribution in [1.29, 1.82) is 0 Å². The zero-order valence-corrected chi connectivity index (χ0v) is 16.6. The van der Waals surface area contributed by atoms with Crippen molar-refractivity contribution in [1.82, 2.24) is 0 Å². The summed E-state index contributed by atoms with van der Waals surface area (Å²) < 4.78 is 5.59. The molecule has 0 bridgehead atoms. The van der Waals surface area contributed by atoms with Crippen molar-refractivity contribution in [3.63, 3.8) is 0 Å². The number of amides is 1. The van der Waals surface area contributed by atoms with E-state index in [1.807, 2.05) is 54.6 Å². The third-order valence-corrected chi connectivity index (χ3v) is 5.29. The fourth-order valence-corrected chi connectivity index (χ4v) is 3.13. The number of ether oxygens (including phenoxy) is 1. The highest BCUT2D eigenvalue weighted by atomic mass is 127. The van der Waals surface area contributed by atoms with Crippen molar-refractivity contribution in [2.45, 2.75) is 13.8 Å². The lowest BCUT2D eigenvalue weighted by Gasteiger charge is -2.12. The molecule has 0 unspecified atom stereocenters. The number of esters is 1. The molecule has 126 valence electrons. The number of halogens is 3. The van der Waals surface area contributed by atoms with Crippen LogP contribution in [0.1, 0.15) is 21.5 Å². The summed E-state index contributed by atoms with van der Waals surface area (Å²) in [5.74, 6) is -1.07. The Morgan fingerprint density at radius 1 is 1.17 bits per heavy atom. The highest BCUT2D eigenvalue weighted by Gasteiger charge is 2.17. The van der Waals surface area contributed by atoms with Crippen molar-refractivity contribution in [3.05, 3.63) is 60.6 Å². The second-order valence-corrected chi connectivity index (χ2v) is 7.06. The number of carbonyl (C=O) groups excluding carboxylic acids is 2. The molecule has 1 amide bonds. The number of hydrogen-bond donors (Lipinski definition) is 1. The molecule has 7 heteroatoms. The van der Waals surface area contributed by atoms with Crippen LogP contribution in [0.3, 0.4) is 0 Å². The smallest absolute Gasteiger partial charge is 0.339 e. The number of aryl methyl sites for hydroxylation is 2. The van der Waals surface area contributed by atoms with E-state index in [2.05, 4.69) is 5.32 Å². The van der Waals surface area contributed by atoms with Gasteiger partial charge >= 0.3 is 5.97 Å². The van der Waals surface area contributed by atoms with E-state index in [0.29, 0.717) is 13.6 Å². The van der Waals surface area contributed by atoms with Crippen LogP contribution in [0, 0.1) is 17.4 Å². The Kier molecular flexibility index (Phi) is 6.48. The fraction of sp³-hybridized carbons (Fsp3) is 0.176. The minimum absolute atomic E-state index is 0.230. The Balaban J connectivity index is 2.03. The van der Waals surface area contributed by atoms with E-state index in [1.54, 1.807) is 0 Å². The molecular formula is C17H14Cl2INO3. The quantitative estimate of drug-likeness (QED) is 0.382. The van der Waals surface area contributed by atoms with E-state index in [0.717, 1.165) is 16.8 Å².